The van der Waals surface area contributed by atoms with Gasteiger partial charge in [-0.3, -0.25) is 0 Å². The molecule has 1 saturated carbocycles. The zero-order valence-corrected chi connectivity index (χ0v) is 13.2. The van der Waals surface area contributed by atoms with Crippen molar-refractivity contribution >= 4 is 0 Å². The fourth-order valence-electron chi connectivity index (χ4n) is 3.38. The van der Waals surface area contributed by atoms with Crippen LogP contribution in [0.2, 0.25) is 0 Å². The van der Waals surface area contributed by atoms with Gasteiger partial charge in [0.05, 0.1) is 0 Å². The highest BCUT2D eigenvalue weighted by molar-refractivity contribution is 4.79. The molecule has 1 aliphatic carbocycles. The standard InChI is InChI=1S/C17H35N/c1-5-12-17(4,14-18-15(2)3)13-11-16-9-7-6-8-10-16/h15-16,18H,5-14H2,1-4H3. The SMILES string of the molecule is CCCC(C)(CCC1CCCCC1)CNC(C)C. The van der Waals surface area contributed by atoms with Crippen LogP contribution >= 0.6 is 0 Å². The Balaban J connectivity index is 2.34. The van der Waals surface area contributed by atoms with Crippen molar-refractivity contribution in [2.75, 3.05) is 6.54 Å². The summed E-state index contributed by atoms with van der Waals surface area (Å²) in [7, 11) is 0. The summed E-state index contributed by atoms with van der Waals surface area (Å²) >= 11 is 0. The van der Waals surface area contributed by atoms with Crippen molar-refractivity contribution in [2.24, 2.45) is 11.3 Å². The van der Waals surface area contributed by atoms with Gasteiger partial charge in [-0.05, 0) is 30.6 Å². The maximum absolute atomic E-state index is 3.66. The van der Waals surface area contributed by atoms with Gasteiger partial charge in [-0.1, -0.05) is 66.2 Å². The number of rotatable bonds is 8. The molecule has 0 aromatic rings. The van der Waals surface area contributed by atoms with E-state index in [1.54, 1.807) is 0 Å². The van der Waals surface area contributed by atoms with Crippen LogP contribution in [0.15, 0.2) is 0 Å². The van der Waals surface area contributed by atoms with E-state index in [4.69, 9.17) is 0 Å². The molecular weight excluding hydrogens is 218 g/mol. The Morgan fingerprint density at radius 1 is 1.11 bits per heavy atom. The van der Waals surface area contributed by atoms with E-state index in [1.165, 1.54) is 64.3 Å². The molecule has 1 N–H and O–H groups in total. The second kappa shape index (κ2) is 8.19. The van der Waals surface area contributed by atoms with Crippen LogP contribution in [0, 0.1) is 11.3 Å². The lowest BCUT2D eigenvalue weighted by Gasteiger charge is -2.33. The average Bonchev–Trinajstić information content (AvgIpc) is 2.36. The third-order valence-corrected chi connectivity index (χ3v) is 4.67. The molecule has 18 heavy (non-hydrogen) atoms. The molecule has 0 aromatic heterocycles. The van der Waals surface area contributed by atoms with E-state index >= 15 is 0 Å². The molecule has 0 aromatic carbocycles. The molecule has 1 aliphatic rings. The predicted molar refractivity (Wildman–Crippen MR) is 82.0 cm³/mol. The summed E-state index contributed by atoms with van der Waals surface area (Å²) in [5.74, 6) is 1.04. The molecule has 0 saturated heterocycles. The number of hydrogen-bond acceptors (Lipinski definition) is 1. The quantitative estimate of drug-likeness (QED) is 0.630. The molecule has 1 rings (SSSR count). The molecule has 1 fully saturated rings. The normalized spacial score (nSPS) is 21.2. The van der Waals surface area contributed by atoms with E-state index < -0.39 is 0 Å². The summed E-state index contributed by atoms with van der Waals surface area (Å²) in [4.78, 5) is 0. The summed E-state index contributed by atoms with van der Waals surface area (Å²) < 4.78 is 0. The van der Waals surface area contributed by atoms with Gasteiger partial charge in [0, 0.05) is 12.6 Å². The van der Waals surface area contributed by atoms with E-state index in [9.17, 15) is 0 Å². The Bertz CT molecular complexity index is 206. The van der Waals surface area contributed by atoms with Crippen molar-refractivity contribution < 1.29 is 0 Å². The summed E-state index contributed by atoms with van der Waals surface area (Å²) in [6.07, 6.45) is 13.0. The smallest absolute Gasteiger partial charge is 0.00106 e. The Hall–Kier alpha value is -0.0400. The molecule has 1 unspecified atom stereocenters. The highest BCUT2D eigenvalue weighted by Crippen LogP contribution is 2.34. The van der Waals surface area contributed by atoms with Crippen LogP contribution in [0.5, 0.6) is 0 Å². The summed E-state index contributed by atoms with van der Waals surface area (Å²) in [5.41, 5.74) is 0.524. The van der Waals surface area contributed by atoms with Gasteiger partial charge in [0.1, 0.15) is 0 Å². The highest BCUT2D eigenvalue weighted by atomic mass is 14.9. The summed E-state index contributed by atoms with van der Waals surface area (Å²) in [5, 5.41) is 3.66. The largest absolute Gasteiger partial charge is 0.314 e. The molecule has 0 spiro atoms. The molecular formula is C17H35N. The van der Waals surface area contributed by atoms with Crippen molar-refractivity contribution in [1.29, 1.82) is 0 Å². The second-order valence-electron chi connectivity index (χ2n) is 7.14. The van der Waals surface area contributed by atoms with E-state index in [0.717, 1.165) is 5.92 Å². The Labute approximate surface area is 115 Å². The monoisotopic (exact) mass is 253 g/mol. The second-order valence-corrected chi connectivity index (χ2v) is 7.14. The van der Waals surface area contributed by atoms with Gasteiger partial charge in [0.25, 0.3) is 0 Å². The van der Waals surface area contributed by atoms with Gasteiger partial charge in [0.2, 0.25) is 0 Å². The maximum Gasteiger partial charge on any atom is 0.00106 e. The molecule has 0 aliphatic heterocycles. The first-order valence-electron chi connectivity index (χ1n) is 8.29. The maximum atomic E-state index is 3.66. The molecule has 0 bridgehead atoms. The van der Waals surface area contributed by atoms with Gasteiger partial charge < -0.3 is 5.32 Å². The zero-order valence-electron chi connectivity index (χ0n) is 13.2. The molecule has 0 heterocycles. The lowest BCUT2D eigenvalue weighted by atomic mass is 9.76. The first-order valence-corrected chi connectivity index (χ1v) is 8.29. The Kier molecular flexibility index (Phi) is 7.29. The van der Waals surface area contributed by atoms with E-state index in [0.29, 0.717) is 11.5 Å². The Morgan fingerprint density at radius 2 is 1.78 bits per heavy atom. The average molecular weight is 253 g/mol. The lowest BCUT2D eigenvalue weighted by Crippen LogP contribution is -2.36. The van der Waals surface area contributed by atoms with Gasteiger partial charge in [0.15, 0.2) is 0 Å². The van der Waals surface area contributed by atoms with E-state index in [2.05, 4.69) is 33.0 Å². The van der Waals surface area contributed by atoms with Crippen molar-refractivity contribution in [3.8, 4) is 0 Å². The van der Waals surface area contributed by atoms with Crippen molar-refractivity contribution in [3.63, 3.8) is 0 Å². The Morgan fingerprint density at radius 3 is 2.33 bits per heavy atom. The first-order chi connectivity index (χ1) is 8.56. The molecule has 0 amide bonds. The minimum atomic E-state index is 0.524. The van der Waals surface area contributed by atoms with Crippen LogP contribution in [-0.2, 0) is 0 Å². The van der Waals surface area contributed by atoms with Crippen LogP contribution in [0.1, 0.15) is 85.5 Å². The number of hydrogen-bond donors (Lipinski definition) is 1. The van der Waals surface area contributed by atoms with Crippen molar-refractivity contribution in [1.82, 2.24) is 5.32 Å². The van der Waals surface area contributed by atoms with Gasteiger partial charge in [-0.15, -0.1) is 0 Å². The van der Waals surface area contributed by atoms with E-state index in [-0.39, 0.29) is 0 Å². The third kappa shape index (κ3) is 6.22. The predicted octanol–water partition coefficient (Wildman–Crippen LogP) is 5.15. The molecule has 108 valence electrons. The minimum Gasteiger partial charge on any atom is -0.314 e. The van der Waals surface area contributed by atoms with Crippen LogP contribution in [0.25, 0.3) is 0 Å². The molecule has 0 radical (unpaired) electrons. The zero-order chi connectivity index (χ0) is 13.4. The van der Waals surface area contributed by atoms with Gasteiger partial charge in [-0.25, -0.2) is 0 Å². The molecule has 1 nitrogen and oxygen atoms in total. The van der Waals surface area contributed by atoms with Crippen molar-refractivity contribution in [2.45, 2.75) is 91.5 Å². The lowest BCUT2D eigenvalue weighted by molar-refractivity contribution is 0.210. The van der Waals surface area contributed by atoms with Gasteiger partial charge >= 0.3 is 0 Å². The highest BCUT2D eigenvalue weighted by Gasteiger charge is 2.25. The third-order valence-electron chi connectivity index (χ3n) is 4.67. The van der Waals surface area contributed by atoms with Crippen LogP contribution < -0.4 is 5.32 Å². The van der Waals surface area contributed by atoms with Crippen LogP contribution in [-0.4, -0.2) is 12.6 Å². The van der Waals surface area contributed by atoms with Crippen LogP contribution in [0.3, 0.4) is 0 Å². The fourth-order valence-corrected chi connectivity index (χ4v) is 3.38. The molecule has 1 heteroatoms. The topological polar surface area (TPSA) is 12.0 Å². The summed E-state index contributed by atoms with van der Waals surface area (Å²) in [6.45, 7) is 10.5. The van der Waals surface area contributed by atoms with Crippen molar-refractivity contribution in [3.05, 3.63) is 0 Å². The van der Waals surface area contributed by atoms with E-state index in [1.807, 2.05) is 0 Å². The van der Waals surface area contributed by atoms with Crippen LogP contribution in [0.4, 0.5) is 0 Å². The number of nitrogens with one attached hydrogen (secondary N) is 1. The molecule has 1 atom stereocenters. The van der Waals surface area contributed by atoms with Gasteiger partial charge in [-0.2, -0.15) is 0 Å². The first kappa shape index (κ1) is 16.0. The fraction of sp³-hybridized carbons (Fsp3) is 1.00. The minimum absolute atomic E-state index is 0.524. The summed E-state index contributed by atoms with van der Waals surface area (Å²) in [6, 6.07) is 0.621.